The van der Waals surface area contributed by atoms with E-state index < -0.39 is 0 Å². The molecule has 0 saturated heterocycles. The molecule has 134 valence electrons. The Labute approximate surface area is 149 Å². The zero-order chi connectivity index (χ0) is 17.9. The van der Waals surface area contributed by atoms with Crippen LogP contribution in [0.4, 0.5) is 0 Å². The van der Waals surface area contributed by atoms with Crippen LogP contribution < -0.4 is 20.1 Å². The summed E-state index contributed by atoms with van der Waals surface area (Å²) >= 11 is 0. The first-order valence-corrected chi connectivity index (χ1v) is 8.45. The van der Waals surface area contributed by atoms with Crippen molar-refractivity contribution in [3.63, 3.8) is 0 Å². The van der Waals surface area contributed by atoms with Crippen LogP contribution in [0.15, 0.2) is 48.5 Å². The van der Waals surface area contributed by atoms with Gasteiger partial charge in [0.15, 0.2) is 0 Å². The van der Waals surface area contributed by atoms with Gasteiger partial charge < -0.3 is 20.1 Å². The van der Waals surface area contributed by atoms with Gasteiger partial charge in [-0.15, -0.1) is 0 Å². The minimum absolute atomic E-state index is 0.0565. The zero-order valence-corrected chi connectivity index (χ0v) is 14.9. The summed E-state index contributed by atoms with van der Waals surface area (Å²) in [4.78, 5) is 11.9. The summed E-state index contributed by atoms with van der Waals surface area (Å²) in [5.74, 6) is 1.76. The van der Waals surface area contributed by atoms with Crippen LogP contribution in [-0.2, 0) is 17.8 Å². The van der Waals surface area contributed by atoms with Crippen molar-refractivity contribution in [1.29, 1.82) is 0 Å². The maximum Gasteiger partial charge on any atom is 0.221 e. The van der Waals surface area contributed by atoms with Crippen molar-refractivity contribution in [2.45, 2.75) is 19.4 Å². The quantitative estimate of drug-likeness (QED) is 0.652. The van der Waals surface area contributed by atoms with Gasteiger partial charge in [0.1, 0.15) is 11.5 Å². The molecule has 2 aromatic rings. The number of methoxy groups -OCH3 is 2. The maximum atomic E-state index is 11.9. The smallest absolute Gasteiger partial charge is 0.221 e. The molecule has 0 radical (unpaired) electrons. The average molecular weight is 342 g/mol. The normalized spacial score (nSPS) is 10.3. The third-order valence-corrected chi connectivity index (χ3v) is 3.93. The standard InChI is InChI=1S/C20H26N2O3/c1-24-18-9-7-16(8-10-18)11-14-22-20(23)12-13-21-15-17-5-3-4-6-19(17)25-2/h3-10,21H,11-15H2,1-2H3,(H,22,23). The van der Waals surface area contributed by atoms with E-state index in [4.69, 9.17) is 9.47 Å². The number of amides is 1. The first kappa shape index (κ1) is 18.8. The topological polar surface area (TPSA) is 59.6 Å². The Morgan fingerprint density at radius 1 is 0.960 bits per heavy atom. The number of hydrogen-bond acceptors (Lipinski definition) is 4. The molecule has 2 rings (SSSR count). The van der Waals surface area contributed by atoms with Crippen LogP contribution in [0.25, 0.3) is 0 Å². The molecule has 0 aliphatic heterocycles. The van der Waals surface area contributed by atoms with Gasteiger partial charge in [-0.2, -0.15) is 0 Å². The molecule has 25 heavy (non-hydrogen) atoms. The molecule has 0 aliphatic carbocycles. The van der Waals surface area contributed by atoms with Crippen molar-refractivity contribution >= 4 is 5.91 Å². The molecule has 0 saturated carbocycles. The number of carbonyl (C=O) groups is 1. The SMILES string of the molecule is COc1ccc(CCNC(=O)CCNCc2ccccc2OC)cc1. The highest BCUT2D eigenvalue weighted by atomic mass is 16.5. The van der Waals surface area contributed by atoms with Gasteiger partial charge in [0, 0.05) is 31.6 Å². The molecule has 1 amide bonds. The lowest BCUT2D eigenvalue weighted by atomic mass is 10.1. The Bertz CT molecular complexity index is 656. The van der Waals surface area contributed by atoms with Crippen molar-refractivity contribution in [2.75, 3.05) is 27.3 Å². The van der Waals surface area contributed by atoms with E-state index in [1.54, 1.807) is 14.2 Å². The van der Waals surface area contributed by atoms with Gasteiger partial charge in [-0.05, 0) is 30.2 Å². The fraction of sp³-hybridized carbons (Fsp3) is 0.350. The lowest BCUT2D eigenvalue weighted by Gasteiger charge is -2.10. The molecule has 0 spiro atoms. The van der Waals surface area contributed by atoms with Gasteiger partial charge in [-0.1, -0.05) is 30.3 Å². The van der Waals surface area contributed by atoms with E-state index in [-0.39, 0.29) is 5.91 Å². The van der Waals surface area contributed by atoms with Crippen LogP contribution in [0.5, 0.6) is 11.5 Å². The van der Waals surface area contributed by atoms with Crippen molar-refractivity contribution in [3.05, 3.63) is 59.7 Å². The van der Waals surface area contributed by atoms with E-state index >= 15 is 0 Å². The molecular formula is C20H26N2O3. The van der Waals surface area contributed by atoms with Crippen LogP contribution in [0.1, 0.15) is 17.5 Å². The van der Waals surface area contributed by atoms with Crippen LogP contribution in [0.3, 0.4) is 0 Å². The first-order chi connectivity index (χ1) is 12.2. The van der Waals surface area contributed by atoms with Gasteiger partial charge in [0.05, 0.1) is 14.2 Å². The average Bonchev–Trinajstić information content (AvgIpc) is 2.66. The highest BCUT2D eigenvalue weighted by Gasteiger charge is 2.03. The van der Waals surface area contributed by atoms with E-state index in [0.29, 0.717) is 26.1 Å². The Hall–Kier alpha value is -2.53. The molecule has 2 aromatic carbocycles. The molecule has 0 bridgehead atoms. The van der Waals surface area contributed by atoms with Crippen LogP contribution in [-0.4, -0.2) is 33.2 Å². The van der Waals surface area contributed by atoms with E-state index in [0.717, 1.165) is 23.5 Å². The monoisotopic (exact) mass is 342 g/mol. The number of rotatable bonds is 10. The highest BCUT2D eigenvalue weighted by molar-refractivity contribution is 5.76. The fourth-order valence-corrected chi connectivity index (χ4v) is 2.50. The van der Waals surface area contributed by atoms with Crippen molar-refractivity contribution in [1.82, 2.24) is 10.6 Å². The Balaban J connectivity index is 1.60. The van der Waals surface area contributed by atoms with E-state index in [1.807, 2.05) is 48.5 Å². The number of ether oxygens (including phenoxy) is 2. The van der Waals surface area contributed by atoms with Crippen molar-refractivity contribution < 1.29 is 14.3 Å². The van der Waals surface area contributed by atoms with Gasteiger partial charge in [-0.25, -0.2) is 0 Å². The second-order valence-electron chi connectivity index (χ2n) is 5.69. The third-order valence-electron chi connectivity index (χ3n) is 3.93. The molecule has 0 aromatic heterocycles. The zero-order valence-electron chi connectivity index (χ0n) is 14.9. The molecule has 5 nitrogen and oxygen atoms in total. The Morgan fingerprint density at radius 3 is 2.44 bits per heavy atom. The summed E-state index contributed by atoms with van der Waals surface area (Å²) in [5, 5.41) is 6.22. The number of benzene rings is 2. The van der Waals surface area contributed by atoms with Gasteiger partial charge in [0.25, 0.3) is 0 Å². The van der Waals surface area contributed by atoms with Crippen LogP contribution >= 0.6 is 0 Å². The van der Waals surface area contributed by atoms with Crippen LogP contribution in [0, 0.1) is 0 Å². The predicted molar refractivity (Wildman–Crippen MR) is 99.0 cm³/mol. The van der Waals surface area contributed by atoms with Crippen LogP contribution in [0.2, 0.25) is 0 Å². The summed E-state index contributed by atoms with van der Waals surface area (Å²) in [5.41, 5.74) is 2.26. The van der Waals surface area contributed by atoms with Crippen molar-refractivity contribution in [2.24, 2.45) is 0 Å². The van der Waals surface area contributed by atoms with Gasteiger partial charge in [-0.3, -0.25) is 4.79 Å². The lowest BCUT2D eigenvalue weighted by molar-refractivity contribution is -0.120. The maximum absolute atomic E-state index is 11.9. The number of hydrogen-bond donors (Lipinski definition) is 2. The molecule has 0 heterocycles. The Kier molecular flexibility index (Phi) is 7.79. The van der Waals surface area contributed by atoms with E-state index in [9.17, 15) is 4.79 Å². The second kappa shape index (κ2) is 10.4. The molecular weight excluding hydrogens is 316 g/mol. The summed E-state index contributed by atoms with van der Waals surface area (Å²) in [6.07, 6.45) is 1.27. The number of nitrogens with one attached hydrogen (secondary N) is 2. The summed E-state index contributed by atoms with van der Waals surface area (Å²) in [7, 11) is 3.31. The minimum Gasteiger partial charge on any atom is -0.497 e. The van der Waals surface area contributed by atoms with Gasteiger partial charge >= 0.3 is 0 Å². The third kappa shape index (κ3) is 6.47. The molecule has 0 aliphatic rings. The fourth-order valence-electron chi connectivity index (χ4n) is 2.50. The van der Waals surface area contributed by atoms with E-state index in [2.05, 4.69) is 10.6 Å². The largest absolute Gasteiger partial charge is 0.497 e. The highest BCUT2D eigenvalue weighted by Crippen LogP contribution is 2.16. The molecule has 0 atom stereocenters. The summed E-state index contributed by atoms with van der Waals surface area (Å²) in [6.45, 7) is 1.95. The number of carbonyl (C=O) groups excluding carboxylic acids is 1. The predicted octanol–water partition coefficient (Wildman–Crippen LogP) is 2.54. The molecule has 2 N–H and O–H groups in total. The molecule has 0 fully saturated rings. The number of para-hydroxylation sites is 1. The molecule has 0 unspecified atom stereocenters. The van der Waals surface area contributed by atoms with E-state index in [1.165, 1.54) is 5.56 Å². The van der Waals surface area contributed by atoms with Crippen molar-refractivity contribution in [3.8, 4) is 11.5 Å². The van der Waals surface area contributed by atoms with Gasteiger partial charge in [0.2, 0.25) is 5.91 Å². The Morgan fingerprint density at radius 2 is 1.72 bits per heavy atom. The summed E-state index contributed by atoms with van der Waals surface area (Å²) in [6, 6.07) is 15.8. The second-order valence-corrected chi connectivity index (χ2v) is 5.69. The molecule has 5 heteroatoms. The summed E-state index contributed by atoms with van der Waals surface area (Å²) < 4.78 is 10.4. The lowest BCUT2D eigenvalue weighted by Crippen LogP contribution is -2.29. The first-order valence-electron chi connectivity index (χ1n) is 8.45. The minimum atomic E-state index is 0.0565.